The monoisotopic (exact) mass is 472 g/mol. The number of nitrogen functional groups attached to an aromatic ring is 1. The molecule has 0 aliphatic heterocycles. The first-order valence-corrected chi connectivity index (χ1v) is 11.9. The van der Waals surface area contributed by atoms with Crippen molar-refractivity contribution in [2.24, 2.45) is 0 Å². The van der Waals surface area contributed by atoms with Crippen molar-refractivity contribution in [3.63, 3.8) is 0 Å². The zero-order chi connectivity index (χ0) is 23.0. The van der Waals surface area contributed by atoms with Crippen LogP contribution in [-0.4, -0.2) is 23.4 Å². The molecule has 3 aromatic heterocycles. The SMILES string of the molecule is Nc1ncc(-c2ccc3nccc(-c4ccncc4)c3c2)cc1S(=O)(=O)c1ccccc1Cl. The molecule has 0 saturated heterocycles. The topological polar surface area (TPSA) is 98.8 Å². The second kappa shape index (κ2) is 8.27. The van der Waals surface area contributed by atoms with Gasteiger partial charge in [-0.3, -0.25) is 9.97 Å². The molecule has 0 atom stereocenters. The van der Waals surface area contributed by atoms with Gasteiger partial charge in [0, 0.05) is 35.7 Å². The van der Waals surface area contributed by atoms with Gasteiger partial charge in [0.1, 0.15) is 10.7 Å². The van der Waals surface area contributed by atoms with Crippen LogP contribution in [0.1, 0.15) is 0 Å². The van der Waals surface area contributed by atoms with E-state index < -0.39 is 9.84 Å². The third-order valence-corrected chi connectivity index (χ3v) is 7.65. The maximum absolute atomic E-state index is 13.3. The number of hydrogen-bond acceptors (Lipinski definition) is 6. The van der Waals surface area contributed by atoms with Crippen molar-refractivity contribution in [3.8, 4) is 22.3 Å². The molecule has 5 aromatic rings. The number of aromatic nitrogens is 3. The Morgan fingerprint density at radius 1 is 0.758 bits per heavy atom. The first-order chi connectivity index (χ1) is 15.9. The average molecular weight is 473 g/mol. The van der Waals surface area contributed by atoms with Gasteiger partial charge in [0.05, 0.1) is 15.4 Å². The lowest BCUT2D eigenvalue weighted by Crippen LogP contribution is -2.08. The van der Waals surface area contributed by atoms with E-state index in [1.54, 1.807) is 36.9 Å². The number of nitrogens with two attached hydrogens (primary N) is 1. The molecule has 2 aromatic carbocycles. The van der Waals surface area contributed by atoms with Crippen LogP contribution in [0.2, 0.25) is 5.02 Å². The summed E-state index contributed by atoms with van der Waals surface area (Å²) < 4.78 is 26.6. The summed E-state index contributed by atoms with van der Waals surface area (Å²) in [4.78, 5) is 12.6. The van der Waals surface area contributed by atoms with E-state index in [9.17, 15) is 8.42 Å². The van der Waals surface area contributed by atoms with E-state index in [0.717, 1.165) is 27.6 Å². The van der Waals surface area contributed by atoms with Crippen molar-refractivity contribution >= 4 is 38.2 Å². The van der Waals surface area contributed by atoms with Crippen LogP contribution in [-0.2, 0) is 9.84 Å². The summed E-state index contributed by atoms with van der Waals surface area (Å²) in [5.74, 6) is -0.0846. The maximum atomic E-state index is 13.3. The van der Waals surface area contributed by atoms with Crippen LogP contribution < -0.4 is 5.73 Å². The second-order valence-electron chi connectivity index (χ2n) is 7.37. The molecule has 0 amide bonds. The van der Waals surface area contributed by atoms with E-state index in [0.29, 0.717) is 5.56 Å². The molecule has 8 heteroatoms. The molecule has 33 heavy (non-hydrogen) atoms. The van der Waals surface area contributed by atoms with Crippen LogP contribution in [0.3, 0.4) is 0 Å². The minimum Gasteiger partial charge on any atom is -0.383 e. The van der Waals surface area contributed by atoms with Crippen LogP contribution in [0.4, 0.5) is 5.82 Å². The number of hydrogen-bond donors (Lipinski definition) is 1. The van der Waals surface area contributed by atoms with Gasteiger partial charge < -0.3 is 5.73 Å². The minimum absolute atomic E-state index is 0.0139. The molecular formula is C25H17ClN4O2S. The van der Waals surface area contributed by atoms with E-state index in [1.165, 1.54) is 18.2 Å². The van der Waals surface area contributed by atoms with E-state index in [4.69, 9.17) is 17.3 Å². The summed E-state index contributed by atoms with van der Waals surface area (Å²) in [6.45, 7) is 0. The van der Waals surface area contributed by atoms with E-state index in [1.807, 2.05) is 36.4 Å². The summed E-state index contributed by atoms with van der Waals surface area (Å²) >= 11 is 6.16. The number of fused-ring (bicyclic) bond motifs is 1. The third kappa shape index (κ3) is 3.82. The Kier molecular flexibility index (Phi) is 5.28. The standard InChI is InChI=1S/C25H17ClN4O2S/c26-21-3-1-2-4-23(21)33(31,32)24-14-18(15-30-25(24)27)17-5-6-22-20(13-17)19(9-12-29-22)16-7-10-28-11-8-16/h1-15H,(H2,27,30). The molecule has 0 radical (unpaired) electrons. The fourth-order valence-corrected chi connectivity index (χ4v) is 5.59. The molecule has 0 saturated carbocycles. The van der Waals surface area contributed by atoms with Crippen LogP contribution in [0.15, 0.2) is 101 Å². The Morgan fingerprint density at radius 2 is 1.55 bits per heavy atom. The summed E-state index contributed by atoms with van der Waals surface area (Å²) in [6, 6.07) is 19.3. The number of rotatable bonds is 4. The third-order valence-electron chi connectivity index (χ3n) is 5.36. The highest BCUT2D eigenvalue weighted by molar-refractivity contribution is 7.91. The van der Waals surface area contributed by atoms with Crippen molar-refractivity contribution < 1.29 is 8.42 Å². The first-order valence-electron chi connectivity index (χ1n) is 10.00. The van der Waals surface area contributed by atoms with Gasteiger partial charge in [-0.1, -0.05) is 29.8 Å². The fraction of sp³-hybridized carbons (Fsp3) is 0. The largest absolute Gasteiger partial charge is 0.383 e. The zero-order valence-electron chi connectivity index (χ0n) is 17.2. The van der Waals surface area contributed by atoms with E-state index >= 15 is 0 Å². The number of nitrogens with zero attached hydrogens (tertiary/aromatic N) is 3. The maximum Gasteiger partial charge on any atom is 0.211 e. The van der Waals surface area contributed by atoms with E-state index in [-0.39, 0.29) is 20.6 Å². The molecule has 0 unspecified atom stereocenters. The molecule has 2 N–H and O–H groups in total. The number of benzene rings is 2. The van der Waals surface area contributed by atoms with Gasteiger partial charge in [-0.05, 0) is 65.2 Å². The van der Waals surface area contributed by atoms with Crippen LogP contribution in [0.25, 0.3) is 33.2 Å². The van der Waals surface area contributed by atoms with Crippen molar-refractivity contribution in [2.45, 2.75) is 9.79 Å². The molecule has 162 valence electrons. The van der Waals surface area contributed by atoms with Gasteiger partial charge in [0.15, 0.2) is 0 Å². The van der Waals surface area contributed by atoms with E-state index in [2.05, 4.69) is 15.0 Å². The van der Waals surface area contributed by atoms with Crippen molar-refractivity contribution in [1.29, 1.82) is 0 Å². The van der Waals surface area contributed by atoms with Crippen molar-refractivity contribution in [2.75, 3.05) is 5.73 Å². The number of anilines is 1. The molecule has 5 rings (SSSR count). The van der Waals surface area contributed by atoms with Gasteiger partial charge in [-0.2, -0.15) is 0 Å². The van der Waals surface area contributed by atoms with Gasteiger partial charge in [0.2, 0.25) is 9.84 Å². The fourth-order valence-electron chi connectivity index (χ4n) is 3.72. The zero-order valence-corrected chi connectivity index (χ0v) is 18.8. The second-order valence-corrected chi connectivity index (χ2v) is 9.66. The molecular weight excluding hydrogens is 456 g/mol. The van der Waals surface area contributed by atoms with Crippen molar-refractivity contribution in [3.05, 3.63) is 96.5 Å². The lowest BCUT2D eigenvalue weighted by Gasteiger charge is -2.12. The number of sulfone groups is 1. The lowest BCUT2D eigenvalue weighted by atomic mass is 9.98. The molecule has 0 aliphatic carbocycles. The predicted octanol–water partition coefficient (Wildman–Crippen LogP) is 5.43. The first kappa shape index (κ1) is 21.1. The highest BCUT2D eigenvalue weighted by Crippen LogP contribution is 2.34. The Balaban J connectivity index is 1.67. The van der Waals surface area contributed by atoms with Gasteiger partial charge in [-0.15, -0.1) is 0 Å². The van der Waals surface area contributed by atoms with Crippen LogP contribution >= 0.6 is 11.6 Å². The molecule has 0 bridgehead atoms. The summed E-state index contributed by atoms with van der Waals surface area (Å²) in [7, 11) is -3.96. The quantitative estimate of drug-likeness (QED) is 0.374. The number of pyridine rings is 3. The normalized spacial score (nSPS) is 11.5. The molecule has 0 aliphatic rings. The Bertz CT molecular complexity index is 1610. The van der Waals surface area contributed by atoms with Gasteiger partial charge in [0.25, 0.3) is 0 Å². The Labute approximate surface area is 195 Å². The summed E-state index contributed by atoms with van der Waals surface area (Å²) in [5.41, 5.74) is 10.2. The van der Waals surface area contributed by atoms with Gasteiger partial charge >= 0.3 is 0 Å². The molecule has 6 nitrogen and oxygen atoms in total. The lowest BCUT2D eigenvalue weighted by molar-refractivity contribution is 0.596. The molecule has 3 heterocycles. The van der Waals surface area contributed by atoms with Crippen molar-refractivity contribution in [1.82, 2.24) is 15.0 Å². The summed E-state index contributed by atoms with van der Waals surface area (Å²) in [6.07, 6.45) is 6.80. The number of halogens is 1. The smallest absolute Gasteiger partial charge is 0.211 e. The van der Waals surface area contributed by atoms with Crippen LogP contribution in [0.5, 0.6) is 0 Å². The minimum atomic E-state index is -3.96. The highest BCUT2D eigenvalue weighted by atomic mass is 35.5. The highest BCUT2D eigenvalue weighted by Gasteiger charge is 2.24. The average Bonchev–Trinajstić information content (AvgIpc) is 2.84. The van der Waals surface area contributed by atoms with Gasteiger partial charge in [-0.25, -0.2) is 13.4 Å². The Hall–Kier alpha value is -3.81. The Morgan fingerprint density at radius 3 is 2.33 bits per heavy atom. The molecule has 0 spiro atoms. The summed E-state index contributed by atoms with van der Waals surface area (Å²) in [5, 5.41) is 1.05. The predicted molar refractivity (Wildman–Crippen MR) is 130 cm³/mol. The van der Waals surface area contributed by atoms with Crippen LogP contribution in [0, 0.1) is 0 Å². The molecule has 0 fully saturated rings.